The predicted molar refractivity (Wildman–Crippen MR) is 109 cm³/mol. The number of Topliss-reactive ketones (excluding diaryl/α,β-unsaturated/α-hetero) is 2. The Labute approximate surface area is 161 Å². The average Bonchev–Trinajstić information content (AvgIpc) is 2.59. The first kappa shape index (κ1) is 25.2. The number of ketones is 2. The highest BCUT2D eigenvalue weighted by atomic mass is 16.5. The highest BCUT2D eigenvalue weighted by Gasteiger charge is 2.29. The minimum Gasteiger partial charge on any atom is -0.383 e. The van der Waals surface area contributed by atoms with Gasteiger partial charge in [-0.2, -0.15) is 0 Å². The normalized spacial score (nSPS) is 15.7. The van der Waals surface area contributed by atoms with Crippen LogP contribution in [0.25, 0.3) is 0 Å². The largest absolute Gasteiger partial charge is 0.383 e. The van der Waals surface area contributed by atoms with Crippen molar-refractivity contribution in [1.29, 1.82) is 0 Å². The number of hydrogen-bond donors (Lipinski definition) is 0. The molecule has 0 aromatic carbocycles. The van der Waals surface area contributed by atoms with Crippen LogP contribution in [0, 0.1) is 11.8 Å². The third-order valence-corrected chi connectivity index (χ3v) is 5.31. The third-order valence-electron chi connectivity index (χ3n) is 5.31. The van der Waals surface area contributed by atoms with E-state index in [2.05, 4.69) is 30.6 Å². The molecule has 0 aliphatic rings. The van der Waals surface area contributed by atoms with Gasteiger partial charge >= 0.3 is 0 Å². The lowest BCUT2D eigenvalue weighted by Gasteiger charge is -2.36. The molecule has 0 aromatic heterocycles. The summed E-state index contributed by atoms with van der Waals surface area (Å²) in [5.41, 5.74) is 0. The van der Waals surface area contributed by atoms with Gasteiger partial charge in [0.05, 0.1) is 18.7 Å². The van der Waals surface area contributed by atoms with Crippen molar-refractivity contribution in [3.63, 3.8) is 0 Å². The van der Waals surface area contributed by atoms with Gasteiger partial charge in [0.15, 0.2) is 11.6 Å². The molecule has 0 amide bonds. The molecule has 0 saturated heterocycles. The molecular formula is C21H42N2O3. The van der Waals surface area contributed by atoms with Crippen molar-refractivity contribution in [3.05, 3.63) is 0 Å². The van der Waals surface area contributed by atoms with Crippen LogP contribution in [0.3, 0.4) is 0 Å². The van der Waals surface area contributed by atoms with Crippen molar-refractivity contribution in [2.24, 2.45) is 11.8 Å². The van der Waals surface area contributed by atoms with E-state index in [1.165, 1.54) is 0 Å². The van der Waals surface area contributed by atoms with Gasteiger partial charge in [-0.05, 0) is 33.4 Å². The monoisotopic (exact) mass is 370 g/mol. The maximum Gasteiger partial charge on any atom is 0.154 e. The van der Waals surface area contributed by atoms with Gasteiger partial charge in [-0.1, -0.05) is 41.5 Å². The maximum atomic E-state index is 12.6. The zero-order chi connectivity index (χ0) is 20.4. The first-order valence-electron chi connectivity index (χ1n) is 10.2. The first-order valence-corrected chi connectivity index (χ1v) is 10.2. The summed E-state index contributed by atoms with van der Waals surface area (Å²) in [5.74, 6) is 0.570. The predicted octanol–water partition coefficient (Wildman–Crippen LogP) is 3.26. The third kappa shape index (κ3) is 7.45. The summed E-state index contributed by atoms with van der Waals surface area (Å²) in [7, 11) is 1.65. The molecule has 3 unspecified atom stereocenters. The van der Waals surface area contributed by atoms with E-state index in [9.17, 15) is 9.59 Å². The fourth-order valence-electron chi connectivity index (χ4n) is 3.58. The second-order valence-corrected chi connectivity index (χ2v) is 7.86. The van der Waals surface area contributed by atoms with E-state index in [1.54, 1.807) is 7.11 Å². The Kier molecular flexibility index (Phi) is 12.2. The van der Waals surface area contributed by atoms with Gasteiger partial charge < -0.3 is 4.74 Å². The van der Waals surface area contributed by atoms with Crippen LogP contribution in [-0.2, 0) is 14.3 Å². The van der Waals surface area contributed by atoms with E-state index in [1.807, 2.05) is 34.6 Å². The fourth-order valence-corrected chi connectivity index (χ4v) is 3.58. The van der Waals surface area contributed by atoms with Crippen LogP contribution in [0.1, 0.15) is 61.8 Å². The number of carbonyl (C=O) groups is 2. The molecule has 0 spiro atoms. The minimum absolute atomic E-state index is 0.00236. The van der Waals surface area contributed by atoms with Gasteiger partial charge in [0.25, 0.3) is 0 Å². The molecule has 0 saturated carbocycles. The number of methoxy groups -OCH3 is 1. The Bertz CT molecular complexity index is 423. The lowest BCUT2D eigenvalue weighted by molar-refractivity contribution is -0.129. The molecular weight excluding hydrogens is 328 g/mol. The van der Waals surface area contributed by atoms with Gasteiger partial charge in [0.1, 0.15) is 0 Å². The molecule has 0 bridgehead atoms. The SMILES string of the molecule is CCN(CCC(C)N(CC)C(C)C(=O)C(C)C)C(COC)C(=O)C(C)C. The molecule has 0 aliphatic heterocycles. The molecule has 0 N–H and O–H groups in total. The smallest absolute Gasteiger partial charge is 0.154 e. The van der Waals surface area contributed by atoms with Gasteiger partial charge in [-0.3, -0.25) is 19.4 Å². The van der Waals surface area contributed by atoms with Crippen LogP contribution in [0.2, 0.25) is 0 Å². The Morgan fingerprint density at radius 1 is 0.885 bits per heavy atom. The van der Waals surface area contributed by atoms with Crippen molar-refractivity contribution in [2.45, 2.75) is 79.9 Å². The number of ether oxygens (including phenoxy) is 1. The average molecular weight is 371 g/mol. The Morgan fingerprint density at radius 2 is 1.42 bits per heavy atom. The molecule has 26 heavy (non-hydrogen) atoms. The highest BCUT2D eigenvalue weighted by Crippen LogP contribution is 2.15. The van der Waals surface area contributed by atoms with Crippen molar-refractivity contribution >= 4 is 11.6 Å². The zero-order valence-electron chi connectivity index (χ0n) is 18.5. The molecule has 0 rings (SSSR count). The summed E-state index contributed by atoms with van der Waals surface area (Å²) in [6.07, 6.45) is 0.920. The summed E-state index contributed by atoms with van der Waals surface area (Å²) >= 11 is 0. The molecule has 0 radical (unpaired) electrons. The number of carbonyl (C=O) groups excluding carboxylic acids is 2. The van der Waals surface area contributed by atoms with Crippen LogP contribution in [0.15, 0.2) is 0 Å². The number of hydrogen-bond acceptors (Lipinski definition) is 5. The van der Waals surface area contributed by atoms with E-state index >= 15 is 0 Å². The summed E-state index contributed by atoms with van der Waals surface area (Å²) in [6, 6.07) is 0.0169. The first-order chi connectivity index (χ1) is 12.1. The van der Waals surface area contributed by atoms with Crippen molar-refractivity contribution < 1.29 is 14.3 Å². The van der Waals surface area contributed by atoms with E-state index in [0.29, 0.717) is 12.4 Å². The Hall–Kier alpha value is -0.780. The molecule has 3 atom stereocenters. The quantitative estimate of drug-likeness (QED) is 0.470. The van der Waals surface area contributed by atoms with Crippen LogP contribution >= 0.6 is 0 Å². The highest BCUT2D eigenvalue weighted by molar-refractivity contribution is 5.86. The zero-order valence-corrected chi connectivity index (χ0v) is 18.5. The second kappa shape index (κ2) is 12.6. The van der Waals surface area contributed by atoms with E-state index in [0.717, 1.165) is 26.1 Å². The van der Waals surface area contributed by atoms with Crippen LogP contribution < -0.4 is 0 Å². The molecule has 0 fully saturated rings. The lowest BCUT2D eigenvalue weighted by atomic mass is 9.99. The van der Waals surface area contributed by atoms with E-state index in [4.69, 9.17) is 4.74 Å². The number of nitrogens with zero attached hydrogens (tertiary/aromatic N) is 2. The van der Waals surface area contributed by atoms with Gasteiger partial charge in [0, 0.05) is 31.5 Å². The maximum absolute atomic E-state index is 12.6. The number of likely N-dealkylation sites (N-methyl/N-ethyl adjacent to an activating group) is 2. The van der Waals surface area contributed by atoms with Crippen LogP contribution in [0.5, 0.6) is 0 Å². The minimum atomic E-state index is -0.193. The molecule has 0 aliphatic carbocycles. The standard InChI is InChI=1S/C21H42N2O3/c1-10-22(19(14-26-9)21(25)16(5)6)13-12-17(7)23(11-2)18(8)20(24)15(3)4/h15-19H,10-14H2,1-9H3. The Balaban J connectivity index is 5.01. The van der Waals surface area contributed by atoms with Crippen molar-refractivity contribution in [1.82, 2.24) is 9.80 Å². The molecule has 154 valence electrons. The summed E-state index contributed by atoms with van der Waals surface area (Å²) in [4.78, 5) is 29.4. The van der Waals surface area contributed by atoms with E-state index in [-0.39, 0.29) is 35.7 Å². The van der Waals surface area contributed by atoms with Gasteiger partial charge in [-0.25, -0.2) is 0 Å². The molecule has 0 aromatic rings. The topological polar surface area (TPSA) is 49.9 Å². The molecule has 0 heterocycles. The Morgan fingerprint density at radius 3 is 1.81 bits per heavy atom. The lowest BCUT2D eigenvalue weighted by Crippen LogP contribution is -2.49. The molecule has 5 heteroatoms. The molecule has 5 nitrogen and oxygen atoms in total. The summed E-state index contributed by atoms with van der Waals surface area (Å²) in [6.45, 7) is 19.1. The van der Waals surface area contributed by atoms with Gasteiger partial charge in [0.2, 0.25) is 0 Å². The summed E-state index contributed by atoms with van der Waals surface area (Å²) < 4.78 is 5.31. The van der Waals surface area contributed by atoms with Crippen LogP contribution in [0.4, 0.5) is 0 Å². The van der Waals surface area contributed by atoms with Crippen LogP contribution in [-0.4, -0.2) is 72.8 Å². The number of rotatable bonds is 14. The second-order valence-electron chi connectivity index (χ2n) is 7.86. The van der Waals surface area contributed by atoms with Gasteiger partial charge in [-0.15, -0.1) is 0 Å². The fraction of sp³-hybridized carbons (Fsp3) is 0.905. The van der Waals surface area contributed by atoms with Crippen molar-refractivity contribution in [2.75, 3.05) is 33.4 Å². The van der Waals surface area contributed by atoms with Crippen molar-refractivity contribution in [3.8, 4) is 0 Å². The summed E-state index contributed by atoms with van der Waals surface area (Å²) in [5, 5.41) is 0. The van der Waals surface area contributed by atoms with E-state index < -0.39 is 0 Å².